The number of amides is 1. The van der Waals surface area contributed by atoms with Crippen molar-refractivity contribution < 1.29 is 4.79 Å². The van der Waals surface area contributed by atoms with E-state index < -0.39 is 0 Å². The van der Waals surface area contributed by atoms with Gasteiger partial charge in [-0.15, -0.1) is 0 Å². The smallest absolute Gasteiger partial charge is 0.229 e. The van der Waals surface area contributed by atoms with Gasteiger partial charge in [-0.1, -0.05) is 23.5 Å². The van der Waals surface area contributed by atoms with E-state index in [0.29, 0.717) is 5.13 Å². The van der Waals surface area contributed by atoms with Crippen molar-refractivity contribution in [1.82, 2.24) is 15.0 Å². The zero-order chi connectivity index (χ0) is 16.4. The predicted molar refractivity (Wildman–Crippen MR) is 95.2 cm³/mol. The van der Waals surface area contributed by atoms with Crippen LogP contribution in [-0.4, -0.2) is 33.9 Å². The lowest BCUT2D eigenvalue weighted by molar-refractivity contribution is -0.120. The van der Waals surface area contributed by atoms with E-state index in [4.69, 9.17) is 0 Å². The molecule has 1 fully saturated rings. The summed E-state index contributed by atoms with van der Waals surface area (Å²) < 4.78 is 1.09. The quantitative estimate of drug-likeness (QED) is 0.794. The summed E-state index contributed by atoms with van der Waals surface area (Å²) in [6.45, 7) is 1.63. The Bertz CT molecular complexity index is 809. The Morgan fingerprint density at radius 2 is 2.04 bits per heavy atom. The molecule has 1 N–H and O–H groups in total. The molecule has 1 aromatic carbocycles. The molecule has 4 rings (SSSR count). The van der Waals surface area contributed by atoms with Crippen LogP contribution in [0.4, 0.5) is 10.9 Å². The molecule has 0 radical (unpaired) electrons. The Kier molecular flexibility index (Phi) is 4.08. The molecule has 1 aliphatic heterocycles. The molecule has 0 bridgehead atoms. The number of nitrogens with one attached hydrogen (secondary N) is 1. The number of carbonyl (C=O) groups is 1. The normalized spacial score (nSPS) is 15.6. The number of nitrogens with zero attached hydrogens (tertiary/aromatic N) is 4. The second-order valence-corrected chi connectivity index (χ2v) is 6.83. The number of anilines is 2. The van der Waals surface area contributed by atoms with Gasteiger partial charge in [0.1, 0.15) is 5.82 Å². The van der Waals surface area contributed by atoms with Gasteiger partial charge in [0.15, 0.2) is 5.13 Å². The van der Waals surface area contributed by atoms with Gasteiger partial charge in [-0.2, -0.15) is 0 Å². The van der Waals surface area contributed by atoms with Crippen LogP contribution in [0.3, 0.4) is 0 Å². The van der Waals surface area contributed by atoms with E-state index in [-0.39, 0.29) is 11.8 Å². The molecule has 3 aromatic rings. The molecule has 1 aliphatic rings. The van der Waals surface area contributed by atoms with E-state index in [1.807, 2.05) is 24.3 Å². The van der Waals surface area contributed by atoms with Gasteiger partial charge in [0.25, 0.3) is 0 Å². The summed E-state index contributed by atoms with van der Waals surface area (Å²) in [5.74, 6) is 0.959. The van der Waals surface area contributed by atoms with E-state index in [0.717, 1.165) is 42.0 Å². The molecule has 1 amide bonds. The topological polar surface area (TPSA) is 71.0 Å². The fourth-order valence-corrected chi connectivity index (χ4v) is 3.83. The lowest BCUT2D eigenvalue weighted by Gasteiger charge is -2.31. The molecule has 6 nitrogen and oxygen atoms in total. The van der Waals surface area contributed by atoms with E-state index >= 15 is 0 Å². The van der Waals surface area contributed by atoms with Crippen LogP contribution in [-0.2, 0) is 4.79 Å². The SMILES string of the molecule is O=C(Nc1nc2ccccc2s1)C1CCN(c2cnccn2)CC1. The number of carbonyl (C=O) groups excluding carboxylic acids is 1. The predicted octanol–water partition coefficient (Wildman–Crippen LogP) is 2.94. The number of thiazole rings is 1. The third-order valence-electron chi connectivity index (χ3n) is 4.26. The van der Waals surface area contributed by atoms with Crippen LogP contribution in [0.5, 0.6) is 0 Å². The maximum atomic E-state index is 12.5. The lowest BCUT2D eigenvalue weighted by atomic mass is 9.96. The summed E-state index contributed by atoms with van der Waals surface area (Å²) in [5, 5.41) is 3.66. The molecule has 0 atom stereocenters. The summed E-state index contributed by atoms with van der Waals surface area (Å²) in [4.78, 5) is 27.6. The number of aromatic nitrogens is 3. The highest BCUT2D eigenvalue weighted by atomic mass is 32.1. The van der Waals surface area contributed by atoms with Crippen LogP contribution in [0.1, 0.15) is 12.8 Å². The van der Waals surface area contributed by atoms with Gasteiger partial charge in [-0.05, 0) is 25.0 Å². The van der Waals surface area contributed by atoms with E-state index in [1.165, 1.54) is 11.3 Å². The van der Waals surface area contributed by atoms with Crippen LogP contribution < -0.4 is 10.2 Å². The van der Waals surface area contributed by atoms with Crippen molar-refractivity contribution in [3.8, 4) is 0 Å². The molecule has 0 unspecified atom stereocenters. The zero-order valence-corrected chi connectivity index (χ0v) is 13.9. The lowest BCUT2D eigenvalue weighted by Crippen LogP contribution is -2.38. The Hall–Kier alpha value is -2.54. The van der Waals surface area contributed by atoms with Gasteiger partial charge in [-0.3, -0.25) is 9.78 Å². The maximum absolute atomic E-state index is 12.5. The summed E-state index contributed by atoms with van der Waals surface area (Å²) in [6, 6.07) is 7.91. The average molecular weight is 339 g/mol. The van der Waals surface area contributed by atoms with Gasteiger partial charge in [0.2, 0.25) is 5.91 Å². The minimum absolute atomic E-state index is 0.0185. The Morgan fingerprint density at radius 1 is 1.21 bits per heavy atom. The van der Waals surface area contributed by atoms with Crippen molar-refractivity contribution in [3.63, 3.8) is 0 Å². The third kappa shape index (κ3) is 3.07. The Morgan fingerprint density at radius 3 is 2.79 bits per heavy atom. The monoisotopic (exact) mass is 339 g/mol. The van der Waals surface area contributed by atoms with Gasteiger partial charge in [0.05, 0.1) is 16.4 Å². The minimum Gasteiger partial charge on any atom is -0.355 e. The number of piperidine rings is 1. The molecule has 7 heteroatoms. The van der Waals surface area contributed by atoms with Crippen LogP contribution in [0.2, 0.25) is 0 Å². The minimum atomic E-state index is 0.0185. The maximum Gasteiger partial charge on any atom is 0.229 e. The summed E-state index contributed by atoms with van der Waals surface area (Å²) in [7, 11) is 0. The number of benzene rings is 1. The first-order valence-corrected chi connectivity index (χ1v) is 8.78. The van der Waals surface area contributed by atoms with Gasteiger partial charge < -0.3 is 10.2 Å². The van der Waals surface area contributed by atoms with E-state index in [2.05, 4.69) is 25.2 Å². The summed E-state index contributed by atoms with van der Waals surface area (Å²) in [6.07, 6.45) is 6.76. The highest BCUT2D eigenvalue weighted by Gasteiger charge is 2.26. The molecule has 0 spiro atoms. The molecule has 0 aliphatic carbocycles. The standard InChI is InChI=1S/C17H17N5OS/c23-16(21-17-20-13-3-1-2-4-14(13)24-17)12-5-9-22(10-6-12)15-11-18-7-8-19-15/h1-4,7-8,11-12H,5-6,9-10H2,(H,20,21,23). The molecule has 0 saturated carbocycles. The number of rotatable bonds is 3. The first-order chi connectivity index (χ1) is 11.8. The first-order valence-electron chi connectivity index (χ1n) is 7.97. The second-order valence-electron chi connectivity index (χ2n) is 5.80. The number of fused-ring (bicyclic) bond motifs is 1. The second kappa shape index (κ2) is 6.52. The number of hydrogen-bond acceptors (Lipinski definition) is 6. The molecule has 1 saturated heterocycles. The van der Waals surface area contributed by atoms with Crippen LogP contribution in [0, 0.1) is 5.92 Å². The highest BCUT2D eigenvalue weighted by Crippen LogP contribution is 2.27. The number of para-hydroxylation sites is 1. The summed E-state index contributed by atoms with van der Waals surface area (Å²) >= 11 is 1.52. The van der Waals surface area contributed by atoms with E-state index in [9.17, 15) is 4.79 Å². The van der Waals surface area contributed by atoms with Gasteiger partial charge >= 0.3 is 0 Å². The first kappa shape index (κ1) is 15.0. The van der Waals surface area contributed by atoms with Crippen LogP contribution in [0.25, 0.3) is 10.2 Å². The van der Waals surface area contributed by atoms with Crippen LogP contribution in [0.15, 0.2) is 42.9 Å². The highest BCUT2D eigenvalue weighted by molar-refractivity contribution is 7.22. The van der Waals surface area contributed by atoms with Crippen molar-refractivity contribution in [1.29, 1.82) is 0 Å². The molecule has 2 aromatic heterocycles. The van der Waals surface area contributed by atoms with Gasteiger partial charge in [0, 0.05) is 31.4 Å². The number of hydrogen-bond donors (Lipinski definition) is 1. The molecule has 3 heterocycles. The molecule has 24 heavy (non-hydrogen) atoms. The molecular weight excluding hydrogens is 322 g/mol. The molecule has 122 valence electrons. The fraction of sp³-hybridized carbons (Fsp3) is 0.294. The largest absolute Gasteiger partial charge is 0.355 e. The average Bonchev–Trinajstić information content (AvgIpc) is 3.05. The van der Waals surface area contributed by atoms with Gasteiger partial charge in [-0.25, -0.2) is 9.97 Å². The summed E-state index contributed by atoms with van der Waals surface area (Å²) in [5.41, 5.74) is 0.926. The third-order valence-corrected chi connectivity index (χ3v) is 5.22. The van der Waals surface area contributed by atoms with Crippen molar-refractivity contribution >= 4 is 38.4 Å². The Labute approximate surface area is 143 Å². The Balaban J connectivity index is 1.37. The van der Waals surface area contributed by atoms with Crippen LogP contribution >= 0.6 is 11.3 Å². The van der Waals surface area contributed by atoms with E-state index in [1.54, 1.807) is 18.6 Å². The van der Waals surface area contributed by atoms with Crippen molar-refractivity contribution in [2.24, 2.45) is 5.92 Å². The molecular formula is C17H17N5OS. The zero-order valence-electron chi connectivity index (χ0n) is 13.1. The fourth-order valence-electron chi connectivity index (χ4n) is 2.96. The van der Waals surface area contributed by atoms with Crippen molar-refractivity contribution in [2.45, 2.75) is 12.8 Å². The van der Waals surface area contributed by atoms with Crippen molar-refractivity contribution in [2.75, 3.05) is 23.3 Å². The van der Waals surface area contributed by atoms with Crippen molar-refractivity contribution in [3.05, 3.63) is 42.9 Å².